The first-order valence-corrected chi connectivity index (χ1v) is 7.72. The number of rotatable bonds is 2. The smallest absolute Gasteiger partial charge is 0.286 e. The van der Waals surface area contributed by atoms with Crippen LogP contribution in [-0.2, 0) is 0 Å². The molecule has 0 aliphatic rings. The molecule has 1 aromatic heterocycles. The van der Waals surface area contributed by atoms with Gasteiger partial charge >= 0.3 is 0 Å². The van der Waals surface area contributed by atoms with Gasteiger partial charge in [-0.05, 0) is 44.0 Å². The summed E-state index contributed by atoms with van der Waals surface area (Å²) in [4.78, 5) is 11.9. The second kappa shape index (κ2) is 5.64. The van der Waals surface area contributed by atoms with E-state index in [2.05, 4.69) is 63.3 Å². The number of aromatic nitrogens is 2. The van der Waals surface area contributed by atoms with Crippen LogP contribution in [0.25, 0.3) is 0 Å². The quantitative estimate of drug-likeness (QED) is 0.722. The normalized spacial score (nSPS) is 10.4. The molecule has 2 aromatic rings. The van der Waals surface area contributed by atoms with Crippen LogP contribution >= 0.6 is 59.1 Å². The van der Waals surface area contributed by atoms with Gasteiger partial charge in [0.05, 0.1) is 5.69 Å². The van der Waals surface area contributed by atoms with Gasteiger partial charge in [-0.15, -0.1) is 10.2 Å². The number of nitrogens with zero attached hydrogens (tertiary/aromatic N) is 2. The number of nitrogen functional groups attached to an aromatic ring is 1. The SMILES string of the molecule is Nc1nnc(C(=O)Nc2c(Br)cc(Br)cc2Br)s1. The maximum absolute atomic E-state index is 11.9. The van der Waals surface area contributed by atoms with Crippen LogP contribution < -0.4 is 11.1 Å². The summed E-state index contributed by atoms with van der Waals surface area (Å²) in [5.74, 6) is -0.354. The lowest BCUT2D eigenvalue weighted by atomic mass is 10.3. The first-order valence-electron chi connectivity index (χ1n) is 4.52. The third-order valence-electron chi connectivity index (χ3n) is 1.88. The molecule has 9 heteroatoms. The van der Waals surface area contributed by atoms with E-state index in [4.69, 9.17) is 5.73 Å². The molecule has 0 unspecified atom stereocenters. The Hall–Kier alpha value is -0.510. The number of carbonyl (C=O) groups excluding carboxylic acids is 1. The van der Waals surface area contributed by atoms with Gasteiger partial charge in [0.2, 0.25) is 10.1 Å². The second-order valence-corrected chi connectivity index (χ2v) is 6.78. The fourth-order valence-corrected chi connectivity index (χ4v) is 4.12. The maximum Gasteiger partial charge on any atom is 0.286 e. The van der Waals surface area contributed by atoms with Crippen LogP contribution in [0.1, 0.15) is 9.80 Å². The minimum absolute atomic E-state index is 0.217. The van der Waals surface area contributed by atoms with Crippen LogP contribution in [0.3, 0.4) is 0 Å². The van der Waals surface area contributed by atoms with Gasteiger partial charge in [-0.1, -0.05) is 27.3 Å². The van der Waals surface area contributed by atoms with Crippen LogP contribution in [0, 0.1) is 0 Å². The van der Waals surface area contributed by atoms with Crippen molar-refractivity contribution in [3.05, 3.63) is 30.6 Å². The van der Waals surface area contributed by atoms with E-state index in [9.17, 15) is 4.79 Å². The lowest BCUT2D eigenvalue weighted by Gasteiger charge is -2.08. The van der Waals surface area contributed by atoms with E-state index in [1.807, 2.05) is 12.1 Å². The van der Waals surface area contributed by atoms with E-state index in [1.54, 1.807) is 0 Å². The standard InChI is InChI=1S/C9H5Br3N4OS/c10-3-1-4(11)6(5(12)2-3)14-7(17)8-15-16-9(13)18-8/h1-2H,(H2,13,16)(H,14,17). The van der Waals surface area contributed by atoms with Crippen molar-refractivity contribution in [2.45, 2.75) is 0 Å². The molecule has 3 N–H and O–H groups in total. The number of hydrogen-bond acceptors (Lipinski definition) is 5. The van der Waals surface area contributed by atoms with Crippen LogP contribution in [0.15, 0.2) is 25.6 Å². The number of hydrogen-bond donors (Lipinski definition) is 2. The number of nitrogens with one attached hydrogen (secondary N) is 1. The van der Waals surface area contributed by atoms with Crippen molar-refractivity contribution >= 4 is 75.9 Å². The first-order chi connectivity index (χ1) is 8.47. The minimum Gasteiger partial charge on any atom is -0.374 e. The van der Waals surface area contributed by atoms with Crippen molar-refractivity contribution < 1.29 is 4.79 Å². The highest BCUT2D eigenvalue weighted by atomic mass is 79.9. The number of amides is 1. The van der Waals surface area contributed by atoms with E-state index >= 15 is 0 Å². The lowest BCUT2D eigenvalue weighted by molar-refractivity contribution is 0.102. The Balaban J connectivity index is 2.27. The van der Waals surface area contributed by atoms with Gasteiger partial charge < -0.3 is 11.1 Å². The van der Waals surface area contributed by atoms with Crippen molar-refractivity contribution in [2.24, 2.45) is 0 Å². The zero-order valence-electron chi connectivity index (χ0n) is 8.58. The highest BCUT2D eigenvalue weighted by molar-refractivity contribution is 9.11. The van der Waals surface area contributed by atoms with Gasteiger partial charge in [0.25, 0.3) is 5.91 Å². The topological polar surface area (TPSA) is 80.9 Å². The first kappa shape index (κ1) is 13.9. The molecular weight excluding hydrogens is 452 g/mol. The fourth-order valence-electron chi connectivity index (χ4n) is 1.15. The van der Waals surface area contributed by atoms with Gasteiger partial charge in [-0.25, -0.2) is 0 Å². The Morgan fingerprint density at radius 3 is 2.33 bits per heavy atom. The third-order valence-corrected chi connectivity index (χ3v) is 4.34. The predicted octanol–water partition coefficient (Wildman–Crippen LogP) is 3.66. The van der Waals surface area contributed by atoms with Gasteiger partial charge in [0, 0.05) is 13.4 Å². The van der Waals surface area contributed by atoms with Crippen molar-refractivity contribution in [1.82, 2.24) is 10.2 Å². The summed E-state index contributed by atoms with van der Waals surface area (Å²) in [6, 6.07) is 3.66. The van der Waals surface area contributed by atoms with E-state index in [0.29, 0.717) is 5.69 Å². The Morgan fingerprint density at radius 2 is 1.83 bits per heavy atom. The molecule has 0 bridgehead atoms. The van der Waals surface area contributed by atoms with Gasteiger partial charge in [0.1, 0.15) is 0 Å². The summed E-state index contributed by atoms with van der Waals surface area (Å²) in [6.07, 6.45) is 0. The molecule has 0 atom stereocenters. The maximum atomic E-state index is 11.9. The zero-order chi connectivity index (χ0) is 13.3. The number of benzene rings is 1. The molecular formula is C9H5Br3N4OS. The largest absolute Gasteiger partial charge is 0.374 e. The molecule has 5 nitrogen and oxygen atoms in total. The molecule has 0 radical (unpaired) electrons. The molecule has 0 fully saturated rings. The molecule has 0 saturated carbocycles. The minimum atomic E-state index is -0.354. The van der Waals surface area contributed by atoms with Crippen molar-refractivity contribution in [3.63, 3.8) is 0 Å². The van der Waals surface area contributed by atoms with Crippen molar-refractivity contribution in [3.8, 4) is 0 Å². The van der Waals surface area contributed by atoms with E-state index in [-0.39, 0.29) is 16.0 Å². The van der Waals surface area contributed by atoms with E-state index in [1.165, 1.54) is 0 Å². The molecule has 0 aliphatic heterocycles. The molecule has 1 heterocycles. The molecule has 0 spiro atoms. The van der Waals surface area contributed by atoms with Gasteiger partial charge in [-0.2, -0.15) is 0 Å². The number of anilines is 2. The summed E-state index contributed by atoms with van der Waals surface area (Å²) in [5, 5.41) is 10.5. The average Bonchev–Trinajstić information content (AvgIpc) is 2.70. The van der Waals surface area contributed by atoms with Crippen LogP contribution in [-0.4, -0.2) is 16.1 Å². The van der Waals surface area contributed by atoms with Crippen molar-refractivity contribution in [1.29, 1.82) is 0 Å². The molecule has 0 aliphatic carbocycles. The Morgan fingerprint density at radius 1 is 1.22 bits per heavy atom. The van der Waals surface area contributed by atoms with Gasteiger partial charge in [-0.3, -0.25) is 4.79 Å². The highest BCUT2D eigenvalue weighted by Gasteiger charge is 2.15. The summed E-state index contributed by atoms with van der Waals surface area (Å²) in [6.45, 7) is 0. The third kappa shape index (κ3) is 3.08. The molecule has 1 aromatic carbocycles. The van der Waals surface area contributed by atoms with Crippen LogP contribution in [0.4, 0.5) is 10.8 Å². The number of carbonyl (C=O) groups is 1. The summed E-state index contributed by atoms with van der Waals surface area (Å²) in [5.41, 5.74) is 6.05. The zero-order valence-corrected chi connectivity index (χ0v) is 14.2. The van der Waals surface area contributed by atoms with Crippen molar-refractivity contribution in [2.75, 3.05) is 11.1 Å². The summed E-state index contributed by atoms with van der Waals surface area (Å²) < 4.78 is 2.38. The molecule has 18 heavy (non-hydrogen) atoms. The summed E-state index contributed by atoms with van der Waals surface area (Å²) in [7, 11) is 0. The highest BCUT2D eigenvalue weighted by Crippen LogP contribution is 2.34. The van der Waals surface area contributed by atoms with Crippen LogP contribution in [0.2, 0.25) is 0 Å². The second-order valence-electron chi connectivity index (χ2n) is 3.14. The predicted molar refractivity (Wildman–Crippen MR) is 81.8 cm³/mol. The number of halogens is 3. The fraction of sp³-hybridized carbons (Fsp3) is 0. The average molecular weight is 457 g/mol. The molecule has 1 amide bonds. The van der Waals surface area contributed by atoms with E-state index < -0.39 is 0 Å². The van der Waals surface area contributed by atoms with Gasteiger partial charge in [0.15, 0.2) is 0 Å². The molecule has 94 valence electrons. The van der Waals surface area contributed by atoms with Crippen LogP contribution in [0.5, 0.6) is 0 Å². The Bertz CT molecular complexity index is 593. The van der Waals surface area contributed by atoms with E-state index in [0.717, 1.165) is 24.8 Å². The Labute approximate surface area is 132 Å². The Kier molecular flexibility index (Phi) is 4.36. The molecule has 0 saturated heterocycles. The molecule has 2 rings (SSSR count). The summed E-state index contributed by atoms with van der Waals surface area (Å²) >= 11 is 11.1. The monoisotopic (exact) mass is 454 g/mol. The number of nitrogens with two attached hydrogens (primary N) is 1. The lowest BCUT2D eigenvalue weighted by Crippen LogP contribution is -2.12.